The van der Waals surface area contributed by atoms with Crippen LogP contribution in [0.3, 0.4) is 0 Å². The molecule has 0 aliphatic carbocycles. The van der Waals surface area contributed by atoms with Crippen molar-refractivity contribution in [3.63, 3.8) is 0 Å². The van der Waals surface area contributed by atoms with Gasteiger partial charge in [-0.1, -0.05) is 15.9 Å². The molecule has 1 rings (SSSR count). The van der Waals surface area contributed by atoms with Gasteiger partial charge in [0.25, 0.3) is 6.43 Å². The van der Waals surface area contributed by atoms with Crippen LogP contribution in [-0.2, 0) is 10.1 Å². The molecule has 0 N–H and O–H groups in total. The Morgan fingerprint density at radius 1 is 1.65 bits per heavy atom. The molecule has 0 aliphatic rings. The van der Waals surface area contributed by atoms with Gasteiger partial charge in [0.1, 0.15) is 3.70 Å². The number of carbonyl (C=O) groups excluding carboxylic acids is 1. The first-order chi connectivity index (χ1) is 8.02. The molecule has 7 heteroatoms. The van der Waals surface area contributed by atoms with E-state index >= 15 is 0 Å². The Morgan fingerprint density at radius 2 is 2.29 bits per heavy atom. The van der Waals surface area contributed by atoms with Gasteiger partial charge in [-0.15, -0.1) is 0 Å². The highest BCUT2D eigenvalue weighted by molar-refractivity contribution is 14.1. The Bertz CT molecular complexity index is 429. The highest BCUT2D eigenvalue weighted by atomic mass is 127. The van der Waals surface area contributed by atoms with Gasteiger partial charge in [-0.25, -0.2) is 18.6 Å². The SMILES string of the molecule is CCOC(=O)c1cnc(I)c(CBr)c1C(F)F. The maximum atomic E-state index is 13.0. The third-order valence-corrected chi connectivity index (χ3v) is 3.51. The number of pyridine rings is 1. The summed E-state index contributed by atoms with van der Waals surface area (Å²) in [4.78, 5) is 15.5. The molecule has 1 aromatic heterocycles. The number of nitrogens with zero attached hydrogens (tertiary/aromatic N) is 1. The normalized spacial score (nSPS) is 10.7. The number of carbonyl (C=O) groups is 1. The summed E-state index contributed by atoms with van der Waals surface area (Å²) in [5, 5.41) is 0.213. The van der Waals surface area contributed by atoms with E-state index in [1.54, 1.807) is 6.92 Å². The summed E-state index contributed by atoms with van der Waals surface area (Å²) in [6.45, 7) is 1.75. The van der Waals surface area contributed by atoms with E-state index in [-0.39, 0.29) is 23.1 Å². The predicted molar refractivity (Wildman–Crippen MR) is 70.5 cm³/mol. The van der Waals surface area contributed by atoms with Crippen LogP contribution in [-0.4, -0.2) is 17.6 Å². The van der Waals surface area contributed by atoms with Gasteiger partial charge >= 0.3 is 5.97 Å². The van der Waals surface area contributed by atoms with Crippen molar-refractivity contribution in [2.75, 3.05) is 6.61 Å². The largest absolute Gasteiger partial charge is 0.462 e. The van der Waals surface area contributed by atoms with E-state index in [0.717, 1.165) is 6.20 Å². The lowest BCUT2D eigenvalue weighted by Gasteiger charge is -2.12. The summed E-state index contributed by atoms with van der Waals surface area (Å²) in [6.07, 6.45) is -1.61. The lowest BCUT2D eigenvalue weighted by molar-refractivity contribution is 0.0514. The Labute approximate surface area is 119 Å². The minimum atomic E-state index is -2.74. The summed E-state index contributed by atoms with van der Waals surface area (Å²) < 4.78 is 31.2. The van der Waals surface area contributed by atoms with Gasteiger partial charge < -0.3 is 4.74 Å². The van der Waals surface area contributed by atoms with Crippen LogP contribution in [0.4, 0.5) is 8.78 Å². The standard InChI is InChI=1S/C10H9BrF2INO2/c1-2-17-10(16)6-4-15-9(14)5(3-11)7(6)8(12)13/h4,8H,2-3H2,1H3. The van der Waals surface area contributed by atoms with E-state index in [1.165, 1.54) is 0 Å². The highest BCUT2D eigenvalue weighted by Crippen LogP contribution is 2.30. The summed E-state index contributed by atoms with van der Waals surface area (Å²) >= 11 is 4.97. The quantitative estimate of drug-likeness (QED) is 0.323. The molecule has 0 atom stereocenters. The number of ether oxygens (including phenoxy) is 1. The highest BCUT2D eigenvalue weighted by Gasteiger charge is 2.25. The van der Waals surface area contributed by atoms with Crippen molar-refractivity contribution in [1.82, 2.24) is 4.98 Å². The number of rotatable bonds is 4. The van der Waals surface area contributed by atoms with Crippen molar-refractivity contribution in [3.05, 3.63) is 26.6 Å². The number of alkyl halides is 3. The first kappa shape index (κ1) is 14.7. The fourth-order valence-corrected chi connectivity index (χ4v) is 3.00. The Balaban J connectivity index is 3.35. The molecule has 0 spiro atoms. The van der Waals surface area contributed by atoms with Crippen LogP contribution in [0.1, 0.15) is 34.8 Å². The van der Waals surface area contributed by atoms with Crippen molar-refractivity contribution in [3.8, 4) is 0 Å². The van der Waals surface area contributed by atoms with Gasteiger partial charge in [-0.05, 0) is 29.5 Å². The van der Waals surface area contributed by atoms with Gasteiger partial charge in [0.05, 0.1) is 12.2 Å². The lowest BCUT2D eigenvalue weighted by atomic mass is 10.1. The van der Waals surface area contributed by atoms with E-state index in [2.05, 4.69) is 20.9 Å². The lowest BCUT2D eigenvalue weighted by Crippen LogP contribution is -2.12. The van der Waals surface area contributed by atoms with Gasteiger partial charge in [-0.2, -0.15) is 0 Å². The molecule has 0 radical (unpaired) electrons. The van der Waals surface area contributed by atoms with Crippen LogP contribution in [0.25, 0.3) is 0 Å². The van der Waals surface area contributed by atoms with Crippen LogP contribution in [0, 0.1) is 3.70 Å². The zero-order valence-electron chi connectivity index (χ0n) is 8.84. The number of halogens is 4. The second-order valence-corrected chi connectivity index (χ2v) is 4.59. The van der Waals surface area contributed by atoms with Crippen molar-refractivity contribution in [2.24, 2.45) is 0 Å². The first-order valence-electron chi connectivity index (χ1n) is 4.71. The van der Waals surface area contributed by atoms with E-state index in [9.17, 15) is 13.6 Å². The van der Waals surface area contributed by atoms with E-state index in [4.69, 9.17) is 4.74 Å². The average molecular weight is 420 g/mol. The maximum Gasteiger partial charge on any atom is 0.340 e. The molecule has 0 saturated heterocycles. The topological polar surface area (TPSA) is 39.2 Å². The van der Waals surface area contributed by atoms with Crippen molar-refractivity contribution in [2.45, 2.75) is 18.7 Å². The first-order valence-corrected chi connectivity index (χ1v) is 6.91. The van der Waals surface area contributed by atoms with Crippen LogP contribution in [0.5, 0.6) is 0 Å². The molecule has 0 bridgehead atoms. The second kappa shape index (κ2) is 6.58. The predicted octanol–water partition coefficient (Wildman–Crippen LogP) is 3.70. The van der Waals surface area contributed by atoms with Crippen molar-refractivity contribution < 1.29 is 18.3 Å². The second-order valence-electron chi connectivity index (χ2n) is 3.01. The molecule has 1 aromatic rings. The minimum absolute atomic E-state index is 0.136. The van der Waals surface area contributed by atoms with Crippen molar-refractivity contribution in [1.29, 1.82) is 0 Å². The summed E-state index contributed by atoms with van der Waals surface area (Å²) in [5.74, 6) is -0.770. The van der Waals surface area contributed by atoms with Crippen LogP contribution >= 0.6 is 38.5 Å². The molecular weight excluding hydrogens is 411 g/mol. The zero-order valence-corrected chi connectivity index (χ0v) is 12.6. The molecule has 17 heavy (non-hydrogen) atoms. The Hall–Kier alpha value is -0.310. The van der Waals surface area contributed by atoms with Crippen LogP contribution < -0.4 is 0 Å². The summed E-state index contributed by atoms with van der Waals surface area (Å²) in [6, 6.07) is 0. The number of hydrogen-bond acceptors (Lipinski definition) is 3. The van der Waals surface area contributed by atoms with Crippen LogP contribution in [0.2, 0.25) is 0 Å². The maximum absolute atomic E-state index is 13.0. The molecule has 0 unspecified atom stereocenters. The summed E-state index contributed by atoms with van der Waals surface area (Å²) in [7, 11) is 0. The van der Waals surface area contributed by atoms with E-state index in [1.807, 2.05) is 22.6 Å². The van der Waals surface area contributed by atoms with Crippen LogP contribution in [0.15, 0.2) is 6.20 Å². The molecule has 0 aromatic carbocycles. The molecule has 3 nitrogen and oxygen atoms in total. The molecule has 94 valence electrons. The van der Waals surface area contributed by atoms with E-state index < -0.39 is 12.4 Å². The number of hydrogen-bond donors (Lipinski definition) is 0. The molecular formula is C10H9BrF2INO2. The number of aromatic nitrogens is 1. The van der Waals surface area contributed by atoms with Crippen molar-refractivity contribution >= 4 is 44.5 Å². The fraction of sp³-hybridized carbons (Fsp3) is 0.400. The van der Waals surface area contributed by atoms with Gasteiger partial charge in [0.2, 0.25) is 0 Å². The van der Waals surface area contributed by atoms with Gasteiger partial charge in [0, 0.05) is 22.7 Å². The number of esters is 1. The smallest absolute Gasteiger partial charge is 0.340 e. The summed E-state index contributed by atoms with van der Waals surface area (Å²) in [5.41, 5.74) is -0.150. The molecule has 0 saturated carbocycles. The van der Waals surface area contributed by atoms with E-state index in [0.29, 0.717) is 9.26 Å². The third kappa shape index (κ3) is 3.34. The molecule has 0 fully saturated rings. The molecule has 0 aliphatic heterocycles. The molecule has 1 heterocycles. The Kier molecular flexibility index (Phi) is 5.71. The molecule has 0 amide bonds. The fourth-order valence-electron chi connectivity index (χ4n) is 1.29. The third-order valence-electron chi connectivity index (χ3n) is 2.02. The van der Waals surface area contributed by atoms with Gasteiger partial charge in [-0.3, -0.25) is 0 Å². The average Bonchev–Trinajstić information content (AvgIpc) is 2.28. The monoisotopic (exact) mass is 419 g/mol. The van der Waals surface area contributed by atoms with Gasteiger partial charge in [0.15, 0.2) is 0 Å². The Morgan fingerprint density at radius 3 is 2.76 bits per heavy atom. The minimum Gasteiger partial charge on any atom is -0.462 e. The zero-order chi connectivity index (χ0) is 13.0.